The number of ether oxygens (including phenoxy) is 2. The predicted octanol–water partition coefficient (Wildman–Crippen LogP) is 5.26. The van der Waals surface area contributed by atoms with Gasteiger partial charge in [-0.25, -0.2) is 0 Å². The Hall–Kier alpha value is -2.73. The maximum Gasteiger partial charge on any atom is 0.258 e. The van der Waals surface area contributed by atoms with E-state index in [-0.39, 0.29) is 17.9 Å². The van der Waals surface area contributed by atoms with Crippen molar-refractivity contribution in [3.8, 4) is 11.5 Å². The van der Waals surface area contributed by atoms with Crippen LogP contribution in [0.2, 0.25) is 5.02 Å². The van der Waals surface area contributed by atoms with Crippen molar-refractivity contribution >= 4 is 29.1 Å². The number of hydrogen-bond acceptors (Lipinski definition) is 4. The van der Waals surface area contributed by atoms with Gasteiger partial charge in [0.2, 0.25) is 0 Å². The van der Waals surface area contributed by atoms with Crippen LogP contribution in [-0.4, -0.2) is 37.6 Å². The monoisotopic (exact) mass is 458 g/mol. The minimum atomic E-state index is -0.183. The van der Waals surface area contributed by atoms with E-state index in [0.29, 0.717) is 47.4 Å². The average molecular weight is 459 g/mol. The minimum absolute atomic E-state index is 0.0345. The first kappa shape index (κ1) is 23.9. The van der Waals surface area contributed by atoms with Crippen molar-refractivity contribution in [3.05, 3.63) is 52.0 Å². The molecule has 2 amide bonds. The third kappa shape index (κ3) is 5.18. The number of nitrogens with zero attached hydrogens (tertiary/aromatic N) is 1. The van der Waals surface area contributed by atoms with E-state index in [1.807, 2.05) is 45.9 Å². The van der Waals surface area contributed by atoms with Crippen LogP contribution in [0.25, 0.3) is 0 Å². The van der Waals surface area contributed by atoms with Crippen molar-refractivity contribution in [2.24, 2.45) is 0 Å². The van der Waals surface area contributed by atoms with E-state index in [0.717, 1.165) is 30.5 Å². The molecule has 2 aromatic carbocycles. The van der Waals surface area contributed by atoms with Crippen molar-refractivity contribution < 1.29 is 19.1 Å². The summed E-state index contributed by atoms with van der Waals surface area (Å²) < 4.78 is 11.5. The Balaban J connectivity index is 1.97. The molecule has 7 heteroatoms. The maximum atomic E-state index is 13.5. The Morgan fingerprint density at radius 1 is 1.19 bits per heavy atom. The van der Waals surface area contributed by atoms with Crippen LogP contribution in [0.5, 0.6) is 11.5 Å². The van der Waals surface area contributed by atoms with Gasteiger partial charge in [-0.2, -0.15) is 0 Å². The molecule has 0 aromatic heterocycles. The third-order valence-electron chi connectivity index (χ3n) is 5.17. The van der Waals surface area contributed by atoms with Gasteiger partial charge < -0.3 is 19.7 Å². The number of nitrogens with one attached hydrogen (secondary N) is 1. The Morgan fingerprint density at radius 3 is 2.66 bits per heavy atom. The highest BCUT2D eigenvalue weighted by molar-refractivity contribution is 6.33. The summed E-state index contributed by atoms with van der Waals surface area (Å²) in [5.74, 6) is 0.611. The Kier molecular flexibility index (Phi) is 8.02. The number of amides is 2. The second kappa shape index (κ2) is 10.7. The normalized spacial score (nSPS) is 13.0. The van der Waals surface area contributed by atoms with Crippen molar-refractivity contribution in [2.75, 3.05) is 24.7 Å². The molecule has 0 saturated heterocycles. The molecule has 0 aliphatic carbocycles. The fourth-order valence-electron chi connectivity index (χ4n) is 3.84. The molecular formula is C25H31ClN2O4. The smallest absolute Gasteiger partial charge is 0.258 e. The predicted molar refractivity (Wildman–Crippen MR) is 127 cm³/mol. The molecule has 0 fully saturated rings. The van der Waals surface area contributed by atoms with Gasteiger partial charge in [0.15, 0.2) is 11.5 Å². The second-order valence-corrected chi connectivity index (χ2v) is 8.47. The zero-order valence-electron chi connectivity index (χ0n) is 19.2. The Morgan fingerprint density at radius 2 is 1.97 bits per heavy atom. The molecule has 1 heterocycles. The zero-order chi connectivity index (χ0) is 23.3. The molecule has 1 aliphatic heterocycles. The van der Waals surface area contributed by atoms with Gasteiger partial charge in [-0.3, -0.25) is 9.59 Å². The van der Waals surface area contributed by atoms with Crippen LogP contribution in [0, 0.1) is 0 Å². The van der Waals surface area contributed by atoms with Gasteiger partial charge in [0.25, 0.3) is 11.8 Å². The molecule has 1 N–H and O–H groups in total. The summed E-state index contributed by atoms with van der Waals surface area (Å²) in [7, 11) is 0. The molecule has 0 saturated carbocycles. The number of anilines is 1. The van der Waals surface area contributed by atoms with Crippen LogP contribution in [-0.2, 0) is 6.42 Å². The number of carbonyl (C=O) groups is 2. The molecule has 3 rings (SSSR count). The molecule has 0 radical (unpaired) electrons. The quantitative estimate of drug-likeness (QED) is 0.586. The number of carbonyl (C=O) groups excluding carboxylic acids is 2. The van der Waals surface area contributed by atoms with Gasteiger partial charge in [0.05, 0.1) is 18.2 Å². The lowest BCUT2D eigenvalue weighted by molar-refractivity contribution is 0.0938. The molecule has 1 aliphatic rings. The van der Waals surface area contributed by atoms with Crippen molar-refractivity contribution in [1.82, 2.24) is 5.32 Å². The van der Waals surface area contributed by atoms with Crippen molar-refractivity contribution in [3.63, 3.8) is 0 Å². The SMILES string of the molecule is CCCOc1c(Cl)cc(C(=O)N2CCCc3c(C(=O)NC(C)C)cccc32)cc1OCC. The molecule has 2 aromatic rings. The van der Waals surface area contributed by atoms with Crippen molar-refractivity contribution in [2.45, 2.75) is 53.0 Å². The summed E-state index contributed by atoms with van der Waals surface area (Å²) in [6, 6.07) is 8.87. The highest BCUT2D eigenvalue weighted by Crippen LogP contribution is 2.38. The maximum absolute atomic E-state index is 13.5. The fourth-order valence-corrected chi connectivity index (χ4v) is 4.11. The van der Waals surface area contributed by atoms with Gasteiger partial charge in [0.1, 0.15) is 0 Å². The number of fused-ring (bicyclic) bond motifs is 1. The lowest BCUT2D eigenvalue weighted by Gasteiger charge is -2.31. The van der Waals surface area contributed by atoms with Crippen LogP contribution in [0.4, 0.5) is 5.69 Å². The summed E-state index contributed by atoms with van der Waals surface area (Å²) >= 11 is 6.48. The molecule has 0 atom stereocenters. The fraction of sp³-hybridized carbons (Fsp3) is 0.440. The lowest BCUT2D eigenvalue weighted by atomic mass is 9.95. The number of rotatable bonds is 8. The van der Waals surface area contributed by atoms with E-state index in [2.05, 4.69) is 5.32 Å². The molecule has 0 bridgehead atoms. The summed E-state index contributed by atoms with van der Waals surface area (Å²) in [6.45, 7) is 9.24. The van der Waals surface area contributed by atoms with E-state index < -0.39 is 0 Å². The van der Waals surface area contributed by atoms with Crippen molar-refractivity contribution in [1.29, 1.82) is 0 Å². The zero-order valence-corrected chi connectivity index (χ0v) is 19.9. The minimum Gasteiger partial charge on any atom is -0.490 e. The first-order valence-electron chi connectivity index (χ1n) is 11.2. The van der Waals surface area contributed by atoms with Gasteiger partial charge in [0, 0.05) is 29.4 Å². The largest absolute Gasteiger partial charge is 0.490 e. The highest BCUT2D eigenvalue weighted by atomic mass is 35.5. The van der Waals surface area contributed by atoms with E-state index in [1.54, 1.807) is 17.0 Å². The van der Waals surface area contributed by atoms with Crippen LogP contribution in [0.1, 0.15) is 66.8 Å². The van der Waals surface area contributed by atoms with Crippen LogP contribution >= 0.6 is 11.6 Å². The summed E-state index contributed by atoms with van der Waals surface area (Å²) in [5.41, 5.74) is 2.69. The number of hydrogen-bond donors (Lipinski definition) is 1. The van der Waals surface area contributed by atoms with Crippen LogP contribution in [0.15, 0.2) is 30.3 Å². The van der Waals surface area contributed by atoms with Crippen LogP contribution < -0.4 is 19.7 Å². The second-order valence-electron chi connectivity index (χ2n) is 8.06. The van der Waals surface area contributed by atoms with E-state index in [9.17, 15) is 9.59 Å². The average Bonchev–Trinajstić information content (AvgIpc) is 2.76. The van der Waals surface area contributed by atoms with E-state index in [1.165, 1.54) is 0 Å². The molecule has 32 heavy (non-hydrogen) atoms. The molecule has 0 unspecified atom stereocenters. The lowest BCUT2D eigenvalue weighted by Crippen LogP contribution is -2.37. The van der Waals surface area contributed by atoms with E-state index in [4.69, 9.17) is 21.1 Å². The van der Waals surface area contributed by atoms with Gasteiger partial charge in [-0.05, 0) is 69.9 Å². The van der Waals surface area contributed by atoms with Gasteiger partial charge in [-0.15, -0.1) is 0 Å². The molecule has 0 spiro atoms. The van der Waals surface area contributed by atoms with Gasteiger partial charge >= 0.3 is 0 Å². The first-order chi connectivity index (χ1) is 15.4. The number of benzene rings is 2. The highest BCUT2D eigenvalue weighted by Gasteiger charge is 2.28. The summed E-state index contributed by atoms with van der Waals surface area (Å²) in [5, 5.41) is 3.29. The standard InChI is InChI=1S/C25H31ClN2O4/c1-5-13-32-23-20(26)14-17(15-22(23)31-6-2)25(30)28-12-8-10-18-19(9-7-11-21(18)28)24(29)27-16(3)4/h7,9,11,14-16H,5-6,8,10,12-13H2,1-4H3,(H,27,29). The Bertz CT molecular complexity index is 990. The third-order valence-corrected chi connectivity index (χ3v) is 5.45. The summed E-state index contributed by atoms with van der Waals surface area (Å²) in [4.78, 5) is 27.9. The molecule has 6 nitrogen and oxygen atoms in total. The topological polar surface area (TPSA) is 67.9 Å². The Labute approximate surface area is 194 Å². The van der Waals surface area contributed by atoms with Crippen LogP contribution in [0.3, 0.4) is 0 Å². The van der Waals surface area contributed by atoms with E-state index >= 15 is 0 Å². The molecular weight excluding hydrogens is 428 g/mol. The molecule has 172 valence electrons. The summed E-state index contributed by atoms with van der Waals surface area (Å²) in [6.07, 6.45) is 2.35. The van der Waals surface area contributed by atoms with Gasteiger partial charge in [-0.1, -0.05) is 24.6 Å². The number of halogens is 1. The first-order valence-corrected chi connectivity index (χ1v) is 11.6.